The maximum atomic E-state index is 13.8. The lowest BCUT2D eigenvalue weighted by Crippen LogP contribution is -2.52. The van der Waals surface area contributed by atoms with E-state index in [0.29, 0.717) is 0 Å². The minimum absolute atomic E-state index is 0.0190. The van der Waals surface area contributed by atoms with Crippen molar-refractivity contribution in [3.63, 3.8) is 0 Å². The van der Waals surface area contributed by atoms with Crippen molar-refractivity contribution in [3.8, 4) is 17.2 Å². The van der Waals surface area contributed by atoms with Gasteiger partial charge in [0.25, 0.3) is 0 Å². The van der Waals surface area contributed by atoms with Gasteiger partial charge in [0, 0.05) is 42.0 Å². The van der Waals surface area contributed by atoms with Crippen LogP contribution >= 0.6 is 0 Å². The lowest BCUT2D eigenvalue weighted by molar-refractivity contribution is -0.245. The van der Waals surface area contributed by atoms with Crippen LogP contribution in [0.1, 0.15) is 75.8 Å². The molecule has 5 rings (SSSR count). The number of fused-ring (bicyclic) bond motifs is 3. The van der Waals surface area contributed by atoms with E-state index in [9.17, 15) is 34.8 Å². The molecule has 6 unspecified atom stereocenters. The van der Waals surface area contributed by atoms with E-state index in [1.54, 1.807) is 6.92 Å². The largest absolute Gasteiger partial charge is 0.507 e. The highest BCUT2D eigenvalue weighted by Gasteiger charge is 2.49. The summed E-state index contributed by atoms with van der Waals surface area (Å²) in [5, 5.41) is 49.1. The maximum Gasteiger partial charge on any atom is 0.349 e. The van der Waals surface area contributed by atoms with E-state index in [0.717, 1.165) is 0 Å². The molecule has 43 heavy (non-hydrogen) atoms. The molecule has 1 aliphatic heterocycles. The van der Waals surface area contributed by atoms with Gasteiger partial charge in [-0.2, -0.15) is 5.10 Å². The number of hydrogen-bond donors (Lipinski definition) is 8. The van der Waals surface area contributed by atoms with Crippen molar-refractivity contribution in [1.82, 2.24) is 10.9 Å². The molecule has 0 radical (unpaired) electrons. The Balaban J connectivity index is 1.67. The summed E-state index contributed by atoms with van der Waals surface area (Å²) in [6.45, 7) is 3.02. The average molecular weight is 600 g/mol. The fraction of sp³-hybridized carbons (Fsp3) is 0.429. The number of hydrazine groups is 1. The third-order valence-electron chi connectivity index (χ3n) is 8.27. The molecule has 0 bridgehead atoms. The molecule has 10 N–H and O–H groups in total. The zero-order chi connectivity index (χ0) is 31.4. The molecule has 2 aromatic carbocycles. The molecule has 15 heteroatoms. The van der Waals surface area contributed by atoms with Crippen molar-refractivity contribution in [2.75, 3.05) is 7.11 Å². The third kappa shape index (κ3) is 4.99. The summed E-state index contributed by atoms with van der Waals surface area (Å²) < 4.78 is 17.3. The SMILES string of the molecule is COc1cccc2c1C(=O)c1c(O)c3c(c(O)c1C2=O)CC(O)(/C(C)=N/NC(=O)NN)CC3OC1CC(N)C(O)C(C)O1. The fourth-order valence-corrected chi connectivity index (χ4v) is 5.94. The molecule has 1 fully saturated rings. The zero-order valence-electron chi connectivity index (χ0n) is 23.6. The molecule has 1 heterocycles. The van der Waals surface area contributed by atoms with Gasteiger partial charge in [-0.05, 0) is 19.9 Å². The number of carbonyl (C=O) groups excluding carboxylic acids is 3. The van der Waals surface area contributed by atoms with Crippen molar-refractivity contribution in [3.05, 3.63) is 51.6 Å². The van der Waals surface area contributed by atoms with Crippen LogP contribution in [0.25, 0.3) is 0 Å². The van der Waals surface area contributed by atoms with Crippen LogP contribution in [-0.2, 0) is 15.9 Å². The lowest BCUT2D eigenvalue weighted by Gasteiger charge is -2.42. The van der Waals surface area contributed by atoms with Crippen LogP contribution < -0.4 is 27.2 Å². The smallest absolute Gasteiger partial charge is 0.349 e. The highest BCUT2D eigenvalue weighted by atomic mass is 16.7. The first-order valence-electron chi connectivity index (χ1n) is 13.5. The molecular weight excluding hydrogens is 566 g/mol. The number of nitrogens with one attached hydrogen (secondary N) is 2. The van der Waals surface area contributed by atoms with Crippen LogP contribution in [0.15, 0.2) is 23.3 Å². The number of ketones is 2. The predicted molar refractivity (Wildman–Crippen MR) is 149 cm³/mol. The Bertz CT molecular complexity index is 1530. The van der Waals surface area contributed by atoms with Crippen molar-refractivity contribution >= 4 is 23.3 Å². The Morgan fingerprint density at radius 2 is 1.86 bits per heavy atom. The quantitative estimate of drug-likeness (QED) is 0.0634. The second-order valence-electron chi connectivity index (χ2n) is 10.9. The molecule has 6 atom stereocenters. The van der Waals surface area contributed by atoms with E-state index in [1.807, 2.05) is 5.43 Å². The Labute approximate surface area is 245 Å². The van der Waals surface area contributed by atoms with Crippen molar-refractivity contribution in [2.45, 2.75) is 69.4 Å². The third-order valence-corrected chi connectivity index (χ3v) is 8.27. The molecule has 0 aromatic heterocycles. The van der Waals surface area contributed by atoms with Gasteiger partial charge in [0.05, 0.1) is 47.8 Å². The number of carbonyl (C=O) groups is 3. The number of aromatic hydroxyl groups is 2. The van der Waals surface area contributed by atoms with Crippen LogP contribution in [0.2, 0.25) is 0 Å². The molecule has 2 aliphatic carbocycles. The lowest BCUT2D eigenvalue weighted by atomic mass is 9.72. The van der Waals surface area contributed by atoms with E-state index in [-0.39, 0.29) is 53.0 Å². The summed E-state index contributed by atoms with van der Waals surface area (Å²) in [7, 11) is 1.33. The summed E-state index contributed by atoms with van der Waals surface area (Å²) >= 11 is 0. The minimum atomic E-state index is -1.90. The van der Waals surface area contributed by atoms with Gasteiger partial charge >= 0.3 is 6.03 Å². The number of rotatable bonds is 5. The Kier molecular flexibility index (Phi) is 7.89. The number of phenols is 2. The number of urea groups is 1. The molecule has 2 aromatic rings. The Morgan fingerprint density at radius 1 is 1.16 bits per heavy atom. The highest BCUT2D eigenvalue weighted by molar-refractivity contribution is 6.31. The summed E-state index contributed by atoms with van der Waals surface area (Å²) in [6, 6.07) is 2.84. The molecule has 0 saturated carbocycles. The van der Waals surface area contributed by atoms with Gasteiger partial charge in [0.15, 0.2) is 12.1 Å². The van der Waals surface area contributed by atoms with Crippen LogP contribution in [-0.4, -0.2) is 81.0 Å². The van der Waals surface area contributed by atoms with Crippen LogP contribution in [0.3, 0.4) is 0 Å². The van der Waals surface area contributed by atoms with E-state index in [4.69, 9.17) is 25.8 Å². The zero-order valence-corrected chi connectivity index (χ0v) is 23.6. The first kappa shape index (κ1) is 30.3. The second kappa shape index (κ2) is 11.2. The molecule has 15 nitrogen and oxygen atoms in total. The van der Waals surface area contributed by atoms with Crippen LogP contribution in [0.5, 0.6) is 17.2 Å². The number of nitrogens with two attached hydrogens (primary N) is 2. The highest BCUT2D eigenvalue weighted by Crippen LogP contribution is 2.52. The number of aliphatic hydroxyl groups excluding tert-OH is 1. The van der Waals surface area contributed by atoms with Gasteiger partial charge in [0.1, 0.15) is 22.8 Å². The monoisotopic (exact) mass is 599 g/mol. The van der Waals surface area contributed by atoms with Gasteiger partial charge in [-0.15, -0.1) is 0 Å². The number of hydrazone groups is 1. The van der Waals surface area contributed by atoms with Crippen molar-refractivity contribution in [2.24, 2.45) is 16.7 Å². The molecule has 230 valence electrons. The minimum Gasteiger partial charge on any atom is -0.507 e. The normalized spacial score (nSPS) is 28.4. The number of amides is 2. The van der Waals surface area contributed by atoms with Crippen molar-refractivity contribution < 1.29 is 49.0 Å². The number of aliphatic hydroxyl groups is 2. The first-order valence-corrected chi connectivity index (χ1v) is 13.5. The van der Waals surface area contributed by atoms with Crippen molar-refractivity contribution in [1.29, 1.82) is 0 Å². The summed E-state index contributed by atoms with van der Waals surface area (Å²) in [6.07, 6.45) is -4.59. The number of phenolic OH excluding ortho intramolecular Hbond substituents is 2. The molecule has 3 aliphatic rings. The van der Waals surface area contributed by atoms with Crippen LogP contribution in [0.4, 0.5) is 4.79 Å². The fourth-order valence-electron chi connectivity index (χ4n) is 5.94. The number of hydrogen-bond acceptors (Lipinski definition) is 13. The molecule has 1 saturated heterocycles. The first-order chi connectivity index (χ1) is 20.3. The van der Waals surface area contributed by atoms with E-state index < -0.39 is 76.5 Å². The van der Waals surface area contributed by atoms with Gasteiger partial charge < -0.3 is 40.4 Å². The Hall–Kier alpha value is -4.12. The maximum absolute atomic E-state index is 13.8. The number of nitrogens with zero attached hydrogens (tertiary/aromatic N) is 1. The van der Waals surface area contributed by atoms with Gasteiger partial charge in [-0.25, -0.2) is 16.1 Å². The van der Waals surface area contributed by atoms with E-state index in [2.05, 4.69) is 10.5 Å². The number of benzene rings is 2. The standard InChI is InChI=1S/C28H33N5O10/c1-10-22(34)14(29)7-17(42-10)43-16-9-28(40,11(2)32-33-27(39)31-30)8-13-19(16)26(38)21-20(24(13)36)23(35)12-5-4-6-15(41-3)18(12)25(21)37/h4-6,10,14,16-17,22,34,36,38,40H,7-9,29-30H2,1-3H3,(H2,31,33,39)/b32-11+. The Morgan fingerprint density at radius 3 is 2.51 bits per heavy atom. The number of ether oxygens (including phenoxy) is 3. The molecule has 2 amide bonds. The summed E-state index contributed by atoms with van der Waals surface area (Å²) in [5.41, 5.74) is 7.02. The molecular formula is C28H33N5O10. The van der Waals surface area contributed by atoms with Gasteiger partial charge in [0.2, 0.25) is 5.78 Å². The summed E-state index contributed by atoms with van der Waals surface area (Å²) in [5.74, 6) is 2.46. The van der Waals surface area contributed by atoms with E-state index in [1.165, 1.54) is 32.2 Å². The predicted octanol–water partition coefficient (Wildman–Crippen LogP) is -0.0113. The topological polar surface area (TPSA) is 248 Å². The molecule has 0 spiro atoms. The summed E-state index contributed by atoms with van der Waals surface area (Å²) in [4.78, 5) is 39.1. The second-order valence-corrected chi connectivity index (χ2v) is 10.9. The van der Waals surface area contributed by atoms with Crippen LogP contribution in [0, 0.1) is 0 Å². The van der Waals surface area contributed by atoms with Gasteiger partial charge in [-0.1, -0.05) is 12.1 Å². The average Bonchev–Trinajstić information content (AvgIpc) is 2.98. The van der Waals surface area contributed by atoms with E-state index >= 15 is 0 Å². The van der Waals surface area contributed by atoms with Gasteiger partial charge in [-0.3, -0.25) is 15.0 Å². The number of methoxy groups -OCH3 is 1.